The van der Waals surface area contributed by atoms with Gasteiger partial charge in [-0.3, -0.25) is 14.7 Å². The first-order chi connectivity index (χ1) is 12.5. The minimum atomic E-state index is -0.231. The third-order valence-electron chi connectivity index (χ3n) is 4.78. The van der Waals surface area contributed by atoms with E-state index >= 15 is 0 Å². The summed E-state index contributed by atoms with van der Waals surface area (Å²) in [7, 11) is 0. The van der Waals surface area contributed by atoms with Gasteiger partial charge in [0.2, 0.25) is 11.8 Å². The summed E-state index contributed by atoms with van der Waals surface area (Å²) in [6, 6.07) is 9.52. The Balaban J connectivity index is 1.47. The van der Waals surface area contributed by atoms with Gasteiger partial charge in [-0.25, -0.2) is 4.98 Å². The largest absolute Gasteiger partial charge is 0.346 e. The zero-order valence-corrected chi connectivity index (χ0v) is 15.2. The van der Waals surface area contributed by atoms with Gasteiger partial charge in [-0.2, -0.15) is 5.10 Å². The summed E-state index contributed by atoms with van der Waals surface area (Å²) in [5.41, 5.74) is 1.02. The lowest BCUT2D eigenvalue weighted by molar-refractivity contribution is -0.135. The lowest BCUT2D eigenvalue weighted by Crippen LogP contribution is -2.44. The second-order valence-electron chi connectivity index (χ2n) is 6.83. The molecule has 0 saturated carbocycles. The highest BCUT2D eigenvalue weighted by atomic mass is 16.2. The van der Waals surface area contributed by atoms with Crippen molar-refractivity contribution in [2.45, 2.75) is 39.2 Å². The van der Waals surface area contributed by atoms with Crippen molar-refractivity contribution in [1.82, 2.24) is 25.4 Å². The highest BCUT2D eigenvalue weighted by Gasteiger charge is 2.28. The van der Waals surface area contributed by atoms with E-state index < -0.39 is 0 Å². The summed E-state index contributed by atoms with van der Waals surface area (Å²) in [6.45, 7) is 4.95. The van der Waals surface area contributed by atoms with Crippen LogP contribution in [0.4, 0.5) is 0 Å². The molecule has 26 heavy (non-hydrogen) atoms. The number of amides is 2. The summed E-state index contributed by atoms with van der Waals surface area (Å²) in [6.07, 6.45) is 1.79. The summed E-state index contributed by atoms with van der Waals surface area (Å²) >= 11 is 0. The van der Waals surface area contributed by atoms with E-state index in [0.717, 1.165) is 11.4 Å². The molecule has 1 aromatic carbocycles. The maximum Gasteiger partial charge on any atom is 0.226 e. The lowest BCUT2D eigenvalue weighted by Gasteiger charge is -2.32. The molecule has 0 radical (unpaired) electrons. The van der Waals surface area contributed by atoms with Crippen molar-refractivity contribution in [3.8, 4) is 0 Å². The van der Waals surface area contributed by atoms with E-state index in [0.29, 0.717) is 38.2 Å². The summed E-state index contributed by atoms with van der Waals surface area (Å²) in [4.78, 5) is 31.0. The number of piperidine rings is 1. The predicted octanol–water partition coefficient (Wildman–Crippen LogP) is 1.77. The molecule has 1 aromatic heterocycles. The fourth-order valence-corrected chi connectivity index (χ4v) is 3.22. The van der Waals surface area contributed by atoms with Gasteiger partial charge in [-0.1, -0.05) is 30.3 Å². The number of H-pyrrole nitrogens is 1. The standard InChI is InChI=1S/C19H25N5O2/c1-13(18-21-14(2)22-23-18)20-19(26)16-8-10-24(11-9-16)17(25)12-15-6-4-3-5-7-15/h3-7,13,16H,8-12H2,1-2H3,(H,20,26)(H,21,22,23). The van der Waals surface area contributed by atoms with Gasteiger partial charge < -0.3 is 10.2 Å². The number of carbonyl (C=O) groups is 2. The van der Waals surface area contributed by atoms with Crippen molar-refractivity contribution in [2.24, 2.45) is 5.92 Å². The highest BCUT2D eigenvalue weighted by molar-refractivity contribution is 5.81. The normalized spacial score (nSPS) is 16.3. The van der Waals surface area contributed by atoms with E-state index in [1.165, 1.54) is 0 Å². The molecule has 2 amide bonds. The number of rotatable bonds is 5. The quantitative estimate of drug-likeness (QED) is 0.855. The fraction of sp³-hybridized carbons (Fsp3) is 0.474. The number of benzene rings is 1. The average molecular weight is 355 g/mol. The molecule has 138 valence electrons. The summed E-state index contributed by atoms with van der Waals surface area (Å²) in [5.74, 6) is 1.38. The Labute approximate surface area is 153 Å². The molecule has 2 heterocycles. The van der Waals surface area contributed by atoms with Crippen molar-refractivity contribution in [1.29, 1.82) is 0 Å². The third-order valence-corrected chi connectivity index (χ3v) is 4.78. The Morgan fingerprint density at radius 1 is 1.27 bits per heavy atom. The van der Waals surface area contributed by atoms with E-state index in [4.69, 9.17) is 0 Å². The molecule has 0 aliphatic carbocycles. The average Bonchev–Trinajstić information content (AvgIpc) is 3.09. The Bertz CT molecular complexity index is 750. The Morgan fingerprint density at radius 3 is 2.58 bits per heavy atom. The second-order valence-corrected chi connectivity index (χ2v) is 6.83. The molecule has 0 bridgehead atoms. The van der Waals surface area contributed by atoms with Crippen LogP contribution in [-0.2, 0) is 16.0 Å². The number of nitrogens with one attached hydrogen (secondary N) is 2. The molecule has 2 N–H and O–H groups in total. The van der Waals surface area contributed by atoms with Crippen LogP contribution >= 0.6 is 0 Å². The first-order valence-electron chi connectivity index (χ1n) is 9.04. The van der Waals surface area contributed by atoms with Gasteiger partial charge in [0.15, 0.2) is 5.82 Å². The molecule has 1 aliphatic rings. The lowest BCUT2D eigenvalue weighted by atomic mass is 9.95. The topological polar surface area (TPSA) is 91.0 Å². The zero-order valence-electron chi connectivity index (χ0n) is 15.2. The van der Waals surface area contributed by atoms with Gasteiger partial charge in [0.1, 0.15) is 5.82 Å². The van der Waals surface area contributed by atoms with Crippen LogP contribution in [0.15, 0.2) is 30.3 Å². The van der Waals surface area contributed by atoms with Gasteiger partial charge in [0.25, 0.3) is 0 Å². The number of likely N-dealkylation sites (tertiary alicyclic amines) is 1. The first kappa shape index (κ1) is 18.1. The van der Waals surface area contributed by atoms with Crippen LogP contribution in [0.3, 0.4) is 0 Å². The van der Waals surface area contributed by atoms with E-state index in [1.54, 1.807) is 0 Å². The number of aryl methyl sites for hydroxylation is 1. The van der Waals surface area contributed by atoms with Gasteiger partial charge in [0, 0.05) is 19.0 Å². The Hall–Kier alpha value is -2.70. The minimum absolute atomic E-state index is 0.00936. The van der Waals surface area contributed by atoms with Crippen molar-refractivity contribution in [3.63, 3.8) is 0 Å². The Morgan fingerprint density at radius 2 is 1.96 bits per heavy atom. The maximum atomic E-state index is 12.5. The molecule has 1 unspecified atom stereocenters. The van der Waals surface area contributed by atoms with E-state index in [2.05, 4.69) is 20.5 Å². The number of hydrogen-bond acceptors (Lipinski definition) is 4. The number of nitrogens with zero attached hydrogens (tertiary/aromatic N) is 3. The molecule has 1 aliphatic heterocycles. The first-order valence-corrected chi connectivity index (χ1v) is 9.04. The molecule has 0 spiro atoms. The van der Waals surface area contributed by atoms with Crippen molar-refractivity contribution >= 4 is 11.8 Å². The minimum Gasteiger partial charge on any atom is -0.346 e. The molecule has 7 nitrogen and oxygen atoms in total. The molecule has 3 rings (SSSR count). The third kappa shape index (κ3) is 4.47. The molecule has 7 heteroatoms. The molecular weight excluding hydrogens is 330 g/mol. The summed E-state index contributed by atoms with van der Waals surface area (Å²) in [5, 5.41) is 9.84. The van der Waals surface area contributed by atoms with Crippen LogP contribution in [-0.4, -0.2) is 45.0 Å². The zero-order chi connectivity index (χ0) is 18.5. The monoisotopic (exact) mass is 355 g/mol. The number of carbonyl (C=O) groups excluding carboxylic acids is 2. The van der Waals surface area contributed by atoms with Gasteiger partial charge in [0.05, 0.1) is 12.5 Å². The summed E-state index contributed by atoms with van der Waals surface area (Å²) < 4.78 is 0. The number of aromatic nitrogens is 3. The maximum absolute atomic E-state index is 12.5. The van der Waals surface area contributed by atoms with Crippen LogP contribution < -0.4 is 5.32 Å². The van der Waals surface area contributed by atoms with Crippen LogP contribution in [0.1, 0.15) is 43.0 Å². The molecule has 2 aromatic rings. The van der Waals surface area contributed by atoms with Gasteiger partial charge in [-0.05, 0) is 32.3 Å². The SMILES string of the molecule is Cc1nc(C(C)NC(=O)C2CCN(C(=O)Cc3ccccc3)CC2)n[nH]1. The van der Waals surface area contributed by atoms with Crippen molar-refractivity contribution < 1.29 is 9.59 Å². The van der Waals surface area contributed by atoms with E-state index in [1.807, 2.05) is 49.1 Å². The van der Waals surface area contributed by atoms with Crippen molar-refractivity contribution in [2.75, 3.05) is 13.1 Å². The molecular formula is C19H25N5O2. The molecule has 1 atom stereocenters. The van der Waals surface area contributed by atoms with Crippen molar-refractivity contribution in [3.05, 3.63) is 47.5 Å². The van der Waals surface area contributed by atoms with Crippen LogP contribution in [0, 0.1) is 12.8 Å². The van der Waals surface area contributed by atoms with Gasteiger partial charge in [-0.15, -0.1) is 0 Å². The highest BCUT2D eigenvalue weighted by Crippen LogP contribution is 2.19. The Kier molecular flexibility index (Phi) is 5.65. The van der Waals surface area contributed by atoms with Crippen LogP contribution in [0.2, 0.25) is 0 Å². The smallest absolute Gasteiger partial charge is 0.226 e. The number of aromatic amines is 1. The van der Waals surface area contributed by atoms with E-state index in [9.17, 15) is 9.59 Å². The van der Waals surface area contributed by atoms with Crippen LogP contribution in [0.25, 0.3) is 0 Å². The predicted molar refractivity (Wildman–Crippen MR) is 97.1 cm³/mol. The fourth-order valence-electron chi connectivity index (χ4n) is 3.22. The number of hydrogen-bond donors (Lipinski definition) is 2. The molecule has 1 fully saturated rings. The van der Waals surface area contributed by atoms with Gasteiger partial charge >= 0.3 is 0 Å². The molecule has 1 saturated heterocycles. The van der Waals surface area contributed by atoms with Crippen LogP contribution in [0.5, 0.6) is 0 Å². The van der Waals surface area contributed by atoms with E-state index in [-0.39, 0.29) is 23.8 Å². The second kappa shape index (κ2) is 8.12.